The first-order valence-corrected chi connectivity index (χ1v) is 7.36. The molecule has 1 aliphatic rings. The number of Topliss-reactive ketones (excluding diaryl/α,β-unsaturated/α-hetero) is 1. The van der Waals surface area contributed by atoms with Crippen LogP contribution in [-0.2, 0) is 0 Å². The van der Waals surface area contributed by atoms with Crippen molar-refractivity contribution in [2.45, 2.75) is 13.8 Å². The molecule has 0 saturated carbocycles. The molecule has 0 amide bonds. The van der Waals surface area contributed by atoms with E-state index in [0.717, 1.165) is 27.7 Å². The van der Waals surface area contributed by atoms with Gasteiger partial charge < -0.3 is 0 Å². The number of benzene rings is 2. The van der Waals surface area contributed by atoms with Crippen LogP contribution in [0.5, 0.6) is 0 Å². The maximum Gasteiger partial charge on any atom is 0.243 e. The minimum Gasteiger partial charge on any atom is -0.287 e. The second-order valence-electron chi connectivity index (χ2n) is 5.58. The largest absolute Gasteiger partial charge is 0.287 e. The van der Waals surface area contributed by atoms with E-state index in [1.54, 1.807) is 0 Å². The van der Waals surface area contributed by atoms with Gasteiger partial charge in [-0.05, 0) is 25.3 Å². The molecule has 1 aromatic heterocycles. The van der Waals surface area contributed by atoms with Crippen LogP contribution in [-0.4, -0.2) is 21.5 Å². The number of carbonyl (C=O) groups excluding carboxylic acids is 1. The number of nitrogens with zero attached hydrogens (tertiary/aromatic N) is 3. The van der Waals surface area contributed by atoms with E-state index < -0.39 is 0 Å². The van der Waals surface area contributed by atoms with E-state index in [0.29, 0.717) is 17.2 Å². The summed E-state index contributed by atoms with van der Waals surface area (Å²) >= 11 is 0. The Morgan fingerprint density at radius 2 is 1.61 bits per heavy atom. The van der Waals surface area contributed by atoms with Gasteiger partial charge in [0.05, 0.1) is 0 Å². The van der Waals surface area contributed by atoms with Crippen LogP contribution in [0.2, 0.25) is 0 Å². The molecule has 0 bridgehead atoms. The monoisotopic (exact) mass is 302 g/mol. The molecule has 4 rings (SSSR count). The first kappa shape index (κ1) is 13.6. The second kappa shape index (κ2) is 4.98. The zero-order valence-corrected chi connectivity index (χ0v) is 12.8. The highest BCUT2D eigenvalue weighted by molar-refractivity contribution is 6.59. The van der Waals surface area contributed by atoms with E-state index in [1.165, 1.54) is 0 Å². The van der Waals surface area contributed by atoms with Crippen LogP contribution in [0.3, 0.4) is 0 Å². The molecule has 0 radical (unpaired) electrons. The fourth-order valence-electron chi connectivity index (χ4n) is 2.97. The SMILES string of the molecule is Cc1cc(C)nc(NN=C2C(=O)c3cccc4cccc2c34)n1. The Kier molecular flexibility index (Phi) is 2.94. The quantitative estimate of drug-likeness (QED) is 0.738. The van der Waals surface area contributed by atoms with Crippen LogP contribution in [0, 0.1) is 13.8 Å². The summed E-state index contributed by atoms with van der Waals surface area (Å²) in [5, 5.41) is 6.29. The van der Waals surface area contributed by atoms with Crippen molar-refractivity contribution >= 4 is 28.2 Å². The number of hydrogen-bond acceptors (Lipinski definition) is 5. The maximum absolute atomic E-state index is 12.6. The molecular formula is C18H14N4O. The van der Waals surface area contributed by atoms with E-state index >= 15 is 0 Å². The molecular weight excluding hydrogens is 288 g/mol. The Balaban J connectivity index is 1.79. The average molecular weight is 302 g/mol. The zero-order valence-electron chi connectivity index (χ0n) is 12.8. The van der Waals surface area contributed by atoms with Crippen LogP contribution in [0.1, 0.15) is 27.3 Å². The normalized spacial score (nSPS) is 14.7. The smallest absolute Gasteiger partial charge is 0.243 e. The summed E-state index contributed by atoms with van der Waals surface area (Å²) in [5.41, 5.74) is 6.47. The van der Waals surface area contributed by atoms with Crippen molar-refractivity contribution in [3.8, 4) is 0 Å². The molecule has 23 heavy (non-hydrogen) atoms. The third-order valence-electron chi connectivity index (χ3n) is 3.87. The summed E-state index contributed by atoms with van der Waals surface area (Å²) < 4.78 is 0. The summed E-state index contributed by atoms with van der Waals surface area (Å²) in [6.45, 7) is 3.79. The summed E-state index contributed by atoms with van der Waals surface area (Å²) in [5.74, 6) is 0.319. The van der Waals surface area contributed by atoms with Gasteiger partial charge in [-0.2, -0.15) is 5.10 Å². The highest BCUT2D eigenvalue weighted by Crippen LogP contribution is 2.30. The van der Waals surface area contributed by atoms with Crippen LogP contribution in [0.15, 0.2) is 47.6 Å². The van der Waals surface area contributed by atoms with Crippen molar-refractivity contribution in [1.82, 2.24) is 9.97 Å². The standard InChI is InChI=1S/C18H14N4O/c1-10-9-11(2)20-18(19-10)22-21-16-13-7-3-5-12-6-4-8-14(15(12)13)17(16)23/h3-9H,1-2H3,(H,19,20,22). The Morgan fingerprint density at radius 1 is 0.957 bits per heavy atom. The predicted octanol–water partition coefficient (Wildman–Crippen LogP) is 3.26. The number of carbonyl (C=O) groups is 1. The first-order chi connectivity index (χ1) is 11.1. The summed E-state index contributed by atoms with van der Waals surface area (Å²) in [4.78, 5) is 21.2. The minimum absolute atomic E-state index is 0.0753. The number of ketones is 1. The van der Waals surface area contributed by atoms with Gasteiger partial charge in [0.1, 0.15) is 5.71 Å². The van der Waals surface area contributed by atoms with Crippen LogP contribution in [0.4, 0.5) is 5.95 Å². The Bertz CT molecular complexity index is 966. The average Bonchev–Trinajstić information content (AvgIpc) is 2.79. The fraction of sp³-hybridized carbons (Fsp3) is 0.111. The molecule has 5 heteroatoms. The third kappa shape index (κ3) is 2.17. The van der Waals surface area contributed by atoms with Crippen molar-refractivity contribution in [2.24, 2.45) is 5.10 Å². The Labute approximate surface area is 133 Å². The number of hydrogen-bond donors (Lipinski definition) is 1. The summed E-state index contributed by atoms with van der Waals surface area (Å²) in [6.07, 6.45) is 0. The second-order valence-corrected chi connectivity index (χ2v) is 5.58. The van der Waals surface area contributed by atoms with Gasteiger partial charge in [-0.15, -0.1) is 0 Å². The molecule has 3 aromatic rings. The fourth-order valence-corrected chi connectivity index (χ4v) is 2.97. The molecule has 0 saturated heterocycles. The number of aromatic nitrogens is 2. The van der Waals surface area contributed by atoms with Gasteiger partial charge in [0.25, 0.3) is 0 Å². The third-order valence-corrected chi connectivity index (χ3v) is 3.87. The van der Waals surface area contributed by atoms with Crippen molar-refractivity contribution < 1.29 is 4.79 Å². The number of anilines is 1. The minimum atomic E-state index is -0.0753. The van der Waals surface area contributed by atoms with Crippen molar-refractivity contribution in [2.75, 3.05) is 5.43 Å². The lowest BCUT2D eigenvalue weighted by atomic mass is 10.1. The van der Waals surface area contributed by atoms with Gasteiger partial charge in [0, 0.05) is 27.9 Å². The molecule has 1 heterocycles. The van der Waals surface area contributed by atoms with E-state index in [4.69, 9.17) is 0 Å². The van der Waals surface area contributed by atoms with E-state index in [9.17, 15) is 4.79 Å². The molecule has 0 fully saturated rings. The molecule has 0 aliphatic heterocycles. The number of nitrogens with one attached hydrogen (secondary N) is 1. The molecule has 0 atom stereocenters. The maximum atomic E-state index is 12.6. The molecule has 0 unspecified atom stereocenters. The highest BCUT2D eigenvalue weighted by atomic mass is 16.1. The number of rotatable bonds is 2. The first-order valence-electron chi connectivity index (χ1n) is 7.36. The van der Waals surface area contributed by atoms with Crippen molar-refractivity contribution in [3.05, 3.63) is 65.0 Å². The lowest BCUT2D eigenvalue weighted by Gasteiger charge is -2.03. The van der Waals surface area contributed by atoms with E-state index in [2.05, 4.69) is 20.5 Å². The van der Waals surface area contributed by atoms with E-state index in [-0.39, 0.29) is 5.78 Å². The summed E-state index contributed by atoms with van der Waals surface area (Å²) in [7, 11) is 0. The Hall–Kier alpha value is -3.08. The van der Waals surface area contributed by atoms with Crippen molar-refractivity contribution in [3.63, 3.8) is 0 Å². The van der Waals surface area contributed by atoms with Gasteiger partial charge in [-0.25, -0.2) is 15.4 Å². The van der Waals surface area contributed by atoms with Gasteiger partial charge in [0.2, 0.25) is 11.7 Å². The Morgan fingerprint density at radius 3 is 2.30 bits per heavy atom. The van der Waals surface area contributed by atoms with Crippen molar-refractivity contribution in [1.29, 1.82) is 0 Å². The van der Waals surface area contributed by atoms with Gasteiger partial charge in [0.15, 0.2) is 0 Å². The number of hydrazone groups is 1. The highest BCUT2D eigenvalue weighted by Gasteiger charge is 2.28. The molecule has 2 aromatic carbocycles. The zero-order chi connectivity index (χ0) is 16.0. The molecule has 1 aliphatic carbocycles. The lowest BCUT2D eigenvalue weighted by Crippen LogP contribution is -2.12. The van der Waals surface area contributed by atoms with Crippen LogP contribution < -0.4 is 5.43 Å². The predicted molar refractivity (Wildman–Crippen MR) is 89.9 cm³/mol. The van der Waals surface area contributed by atoms with Crippen LogP contribution in [0.25, 0.3) is 10.8 Å². The molecule has 112 valence electrons. The number of aryl methyl sites for hydroxylation is 2. The molecule has 5 nitrogen and oxygen atoms in total. The topological polar surface area (TPSA) is 67.2 Å². The van der Waals surface area contributed by atoms with Gasteiger partial charge >= 0.3 is 0 Å². The molecule has 0 spiro atoms. The van der Waals surface area contributed by atoms with Gasteiger partial charge in [-0.3, -0.25) is 4.79 Å². The lowest BCUT2D eigenvalue weighted by molar-refractivity contribution is 0.107. The van der Waals surface area contributed by atoms with Gasteiger partial charge in [-0.1, -0.05) is 36.4 Å². The molecule has 1 N–H and O–H groups in total. The van der Waals surface area contributed by atoms with Crippen LogP contribution >= 0.6 is 0 Å². The van der Waals surface area contributed by atoms with E-state index in [1.807, 2.05) is 56.3 Å². The summed E-state index contributed by atoms with van der Waals surface area (Å²) in [6, 6.07) is 13.5.